The van der Waals surface area contributed by atoms with E-state index in [4.69, 9.17) is 35.3 Å². The van der Waals surface area contributed by atoms with E-state index >= 15 is 0 Å². The molecule has 4 N–H and O–H groups in total. The maximum absolute atomic E-state index is 14.3. The molecule has 4 bridgehead atoms. The molecular weight excluding hydrogens is 966 g/mol. The van der Waals surface area contributed by atoms with Gasteiger partial charge in [0.1, 0.15) is 34.3 Å². The molecule has 1 heterocycles. The van der Waals surface area contributed by atoms with E-state index < -0.39 is 53.0 Å². The van der Waals surface area contributed by atoms with E-state index in [0.29, 0.717) is 45.1 Å². The van der Waals surface area contributed by atoms with Gasteiger partial charge in [-0.05, 0) is 153 Å². The fraction of sp³-hybridized carbons (Fsp3) is 0.404. The number of hydrogen-bond acceptors (Lipinski definition) is 12. The first-order valence-corrected chi connectivity index (χ1v) is 24.7. The van der Waals surface area contributed by atoms with Crippen molar-refractivity contribution >= 4 is 47.7 Å². The van der Waals surface area contributed by atoms with Crippen molar-refractivity contribution in [1.82, 2.24) is 26.2 Å². The number of amides is 4. The van der Waals surface area contributed by atoms with Crippen LogP contribution in [0.1, 0.15) is 117 Å². The van der Waals surface area contributed by atoms with Crippen molar-refractivity contribution < 1.29 is 52.5 Å². The molecule has 0 spiro atoms. The van der Waals surface area contributed by atoms with Crippen molar-refractivity contribution in [3.8, 4) is 33.8 Å². The van der Waals surface area contributed by atoms with Gasteiger partial charge in [-0.1, -0.05) is 80.1 Å². The van der Waals surface area contributed by atoms with Crippen LogP contribution in [0.5, 0.6) is 11.5 Å². The number of carbonyl (C=O) groups excluding carboxylic acids is 6. The van der Waals surface area contributed by atoms with Crippen molar-refractivity contribution in [2.45, 2.75) is 124 Å². The molecule has 0 fully saturated rings. The Morgan fingerprint density at radius 3 is 1.78 bits per heavy atom. The standard InChI is InChI=1S/C48H53ClN4O9.C9H19NO2/c1-28(2)38-24-30-11-21-39(59-45(57)61-47(4,5)6)36(23-30)37-25-34(18-22-40(37)60-46(58)62-48(7,8)9)42(44(56)51-27-41(54)52-38)53(10)29(3)26-50-43(55)33-14-12-31(13-15-33)32-16-19-35(49)20-17-32;1-5-6-7-10-8(11)12-9(2,3)4/h11-23,25,38,42H,1,3,24,26-27H2,2,4-10H3,(H,50,55)(H,51,56)(H,52,54);5-7H2,1-4H3,(H,10,11). The van der Waals surface area contributed by atoms with Crippen LogP contribution < -0.4 is 30.7 Å². The van der Waals surface area contributed by atoms with Gasteiger partial charge in [0.05, 0.1) is 19.1 Å². The summed E-state index contributed by atoms with van der Waals surface area (Å²) >= 11 is 6.04. The monoisotopic (exact) mass is 1040 g/mol. The molecule has 2 unspecified atom stereocenters. The van der Waals surface area contributed by atoms with Gasteiger partial charge in [-0.15, -0.1) is 0 Å². The lowest BCUT2D eigenvalue weighted by Gasteiger charge is -2.32. The Kier molecular flexibility index (Phi) is 20.9. The summed E-state index contributed by atoms with van der Waals surface area (Å²) in [6.45, 7) is 28.2. The van der Waals surface area contributed by atoms with Crippen LogP contribution >= 0.6 is 11.6 Å². The fourth-order valence-electron chi connectivity index (χ4n) is 7.12. The zero-order chi connectivity index (χ0) is 55.1. The lowest BCUT2D eigenvalue weighted by Crippen LogP contribution is -2.46. The van der Waals surface area contributed by atoms with Crippen LogP contribution in [0.25, 0.3) is 22.3 Å². The van der Waals surface area contributed by atoms with E-state index in [0.717, 1.165) is 24.0 Å². The number of likely N-dealkylation sites (N-methyl/N-ethyl adjacent to an activating group) is 1. The number of carbonyl (C=O) groups is 6. The van der Waals surface area contributed by atoms with Gasteiger partial charge in [0.25, 0.3) is 5.91 Å². The summed E-state index contributed by atoms with van der Waals surface area (Å²) in [6.07, 6.45) is 0.0594. The second-order valence-electron chi connectivity index (χ2n) is 20.7. The molecule has 0 radical (unpaired) electrons. The van der Waals surface area contributed by atoms with E-state index in [1.807, 2.05) is 45.0 Å². The van der Waals surface area contributed by atoms with Crippen molar-refractivity contribution in [2.24, 2.45) is 0 Å². The molecule has 1 aliphatic rings. The summed E-state index contributed by atoms with van der Waals surface area (Å²) in [5, 5.41) is 11.9. The number of halogens is 1. The fourth-order valence-corrected chi connectivity index (χ4v) is 7.24. The largest absolute Gasteiger partial charge is 0.514 e. The summed E-state index contributed by atoms with van der Waals surface area (Å²) in [5.74, 6) is -1.32. The average Bonchev–Trinajstić information content (AvgIpc) is 3.29. The summed E-state index contributed by atoms with van der Waals surface area (Å²) in [6, 6.07) is 22.5. The topological polar surface area (TPSA) is 200 Å². The number of hydrogen-bond donors (Lipinski definition) is 4. The van der Waals surface area contributed by atoms with Crippen LogP contribution in [0.2, 0.25) is 5.02 Å². The zero-order valence-electron chi connectivity index (χ0n) is 44.7. The summed E-state index contributed by atoms with van der Waals surface area (Å²) in [5.41, 5.74) is 2.72. The van der Waals surface area contributed by atoms with Crippen LogP contribution in [0.15, 0.2) is 109 Å². The molecule has 0 aliphatic carbocycles. The molecule has 16 nitrogen and oxygen atoms in total. The first-order valence-electron chi connectivity index (χ1n) is 24.4. The molecule has 4 amide bonds. The van der Waals surface area contributed by atoms with E-state index in [1.54, 1.807) is 115 Å². The number of nitrogens with zero attached hydrogens (tertiary/aromatic N) is 1. The highest BCUT2D eigenvalue weighted by molar-refractivity contribution is 6.30. The highest BCUT2D eigenvalue weighted by Gasteiger charge is 2.31. The Hall–Kier alpha value is -7.33. The van der Waals surface area contributed by atoms with Crippen LogP contribution in [-0.2, 0) is 30.2 Å². The molecule has 0 aromatic heterocycles. The minimum atomic E-state index is -1.15. The van der Waals surface area contributed by atoms with E-state index in [1.165, 1.54) is 6.07 Å². The minimum Gasteiger partial charge on any atom is -0.444 e. The molecule has 398 valence electrons. The summed E-state index contributed by atoms with van der Waals surface area (Å²) in [7, 11) is 1.63. The van der Waals surface area contributed by atoms with Gasteiger partial charge in [0.2, 0.25) is 11.8 Å². The van der Waals surface area contributed by atoms with Crippen molar-refractivity contribution in [3.63, 3.8) is 0 Å². The van der Waals surface area contributed by atoms with Gasteiger partial charge in [0, 0.05) is 41.0 Å². The Balaban J connectivity index is 0.000000874. The first-order chi connectivity index (χ1) is 34.5. The molecule has 4 aromatic rings. The third kappa shape index (κ3) is 19.3. The number of fused-ring (bicyclic) bond motifs is 5. The van der Waals surface area contributed by atoms with Crippen molar-refractivity contribution in [1.29, 1.82) is 0 Å². The zero-order valence-corrected chi connectivity index (χ0v) is 45.5. The third-order valence-corrected chi connectivity index (χ3v) is 11.0. The molecule has 1 aliphatic heterocycles. The SMILES string of the molecule is C=C(C)C1Cc2ccc(OC(=O)OC(C)(C)C)c(c2)-c2cc(ccc2OC(=O)OC(C)(C)C)C(N(C)C(=C)CNC(=O)c2ccc(-c3ccc(Cl)cc3)cc2)C(=O)NCC(=O)N1.CCCCNC(=O)OC(C)(C)C. The number of ether oxygens (including phenoxy) is 5. The van der Waals surface area contributed by atoms with Gasteiger partial charge in [-0.2, -0.15) is 0 Å². The van der Waals surface area contributed by atoms with Crippen LogP contribution in [0, 0.1) is 0 Å². The van der Waals surface area contributed by atoms with Gasteiger partial charge >= 0.3 is 18.4 Å². The maximum atomic E-state index is 14.3. The molecular formula is C57H72ClN5O11. The molecule has 4 aromatic carbocycles. The van der Waals surface area contributed by atoms with Gasteiger partial charge in [-0.25, -0.2) is 14.4 Å². The number of unbranched alkanes of at least 4 members (excludes halogenated alkanes) is 1. The lowest BCUT2D eigenvalue weighted by molar-refractivity contribution is -0.129. The second-order valence-corrected chi connectivity index (χ2v) is 21.2. The van der Waals surface area contributed by atoms with Crippen LogP contribution in [0.4, 0.5) is 14.4 Å². The van der Waals surface area contributed by atoms with Gasteiger partial charge < -0.3 is 49.9 Å². The quantitative estimate of drug-likeness (QED) is 0.0345. The molecule has 0 saturated heterocycles. The van der Waals surface area contributed by atoms with E-state index in [-0.39, 0.29) is 48.6 Å². The maximum Gasteiger partial charge on any atom is 0.514 e. The molecule has 2 atom stereocenters. The number of benzene rings is 4. The normalized spacial score (nSPS) is 14.7. The molecule has 0 saturated carbocycles. The Morgan fingerprint density at radius 2 is 1.26 bits per heavy atom. The molecule has 17 heteroatoms. The Morgan fingerprint density at radius 1 is 0.730 bits per heavy atom. The average molecular weight is 1040 g/mol. The van der Waals surface area contributed by atoms with Crippen molar-refractivity contribution in [2.75, 3.05) is 26.7 Å². The molecule has 5 rings (SSSR count). The predicted octanol–water partition coefficient (Wildman–Crippen LogP) is 11.3. The Bertz CT molecular complexity index is 2670. The van der Waals surface area contributed by atoms with Gasteiger partial charge in [0.15, 0.2) is 0 Å². The van der Waals surface area contributed by atoms with Crippen LogP contribution in [-0.4, -0.2) is 90.6 Å². The summed E-state index contributed by atoms with van der Waals surface area (Å²) in [4.78, 5) is 79.8. The van der Waals surface area contributed by atoms with Gasteiger partial charge in [-0.3, -0.25) is 14.4 Å². The highest BCUT2D eigenvalue weighted by atomic mass is 35.5. The minimum absolute atomic E-state index is 0.0287. The van der Waals surface area contributed by atoms with Crippen molar-refractivity contribution in [3.05, 3.63) is 131 Å². The number of rotatable bonds is 12. The smallest absolute Gasteiger partial charge is 0.444 e. The lowest BCUT2D eigenvalue weighted by atomic mass is 9.93. The highest BCUT2D eigenvalue weighted by Crippen LogP contribution is 2.41. The summed E-state index contributed by atoms with van der Waals surface area (Å²) < 4.78 is 27.6. The molecule has 74 heavy (non-hydrogen) atoms. The van der Waals surface area contributed by atoms with E-state index in [9.17, 15) is 28.8 Å². The number of nitrogens with one attached hydrogen (secondary N) is 4. The third-order valence-electron chi connectivity index (χ3n) is 10.7. The second kappa shape index (κ2) is 26.1. The van der Waals surface area contributed by atoms with Crippen LogP contribution in [0.3, 0.4) is 0 Å². The first kappa shape index (κ1) is 59.2. The number of alkyl carbamates (subject to hydrolysis) is 1. The van der Waals surface area contributed by atoms with E-state index in [2.05, 4.69) is 41.3 Å². The Labute approximate surface area is 440 Å². The predicted molar refractivity (Wildman–Crippen MR) is 287 cm³/mol.